The number of rotatable bonds is 4. The zero-order valence-corrected chi connectivity index (χ0v) is 13.4. The number of phenols is 2. The molecule has 6 nitrogen and oxygen atoms in total. The van der Waals surface area contributed by atoms with Crippen LogP contribution in [0.2, 0.25) is 0 Å². The Kier molecular flexibility index (Phi) is 4.20. The van der Waals surface area contributed by atoms with Gasteiger partial charge in [0.2, 0.25) is 0 Å². The summed E-state index contributed by atoms with van der Waals surface area (Å²) in [4.78, 5) is 12.0. The summed E-state index contributed by atoms with van der Waals surface area (Å²) in [5.41, 5.74) is 1.48. The van der Waals surface area contributed by atoms with Crippen LogP contribution >= 0.6 is 0 Å². The Morgan fingerprint density at radius 3 is 2.71 bits per heavy atom. The number of fused-ring (bicyclic) bond motifs is 1. The van der Waals surface area contributed by atoms with Gasteiger partial charge in [-0.25, -0.2) is 0 Å². The highest BCUT2D eigenvalue weighted by Gasteiger charge is 2.32. The van der Waals surface area contributed by atoms with Crippen molar-refractivity contribution in [3.8, 4) is 28.7 Å². The summed E-state index contributed by atoms with van der Waals surface area (Å²) in [5.74, 6) is 0.350. The first-order valence-electron chi connectivity index (χ1n) is 7.60. The SMILES string of the molecule is CCOc1cc(O)cc2c1[C@@H](c1ccc(O)c(OC)c1)CC(=O)O2. The van der Waals surface area contributed by atoms with Gasteiger partial charge >= 0.3 is 5.97 Å². The van der Waals surface area contributed by atoms with Crippen LogP contribution in [0.25, 0.3) is 0 Å². The minimum Gasteiger partial charge on any atom is -0.508 e. The molecule has 1 aliphatic rings. The molecule has 0 bridgehead atoms. The maximum absolute atomic E-state index is 12.0. The zero-order valence-electron chi connectivity index (χ0n) is 13.4. The number of hydrogen-bond acceptors (Lipinski definition) is 6. The molecule has 0 saturated heterocycles. The van der Waals surface area contributed by atoms with Gasteiger partial charge in [0.25, 0.3) is 0 Å². The molecule has 1 heterocycles. The third-order valence-electron chi connectivity index (χ3n) is 3.94. The van der Waals surface area contributed by atoms with Crippen molar-refractivity contribution < 1.29 is 29.2 Å². The topological polar surface area (TPSA) is 85.2 Å². The molecule has 1 aliphatic heterocycles. The Morgan fingerprint density at radius 1 is 1.21 bits per heavy atom. The summed E-state index contributed by atoms with van der Waals surface area (Å²) in [6, 6.07) is 7.85. The van der Waals surface area contributed by atoms with Crippen LogP contribution < -0.4 is 14.2 Å². The molecule has 0 aromatic heterocycles. The Labute approximate surface area is 139 Å². The molecule has 0 amide bonds. The second kappa shape index (κ2) is 6.31. The van der Waals surface area contributed by atoms with Crippen molar-refractivity contribution in [3.05, 3.63) is 41.5 Å². The van der Waals surface area contributed by atoms with Crippen LogP contribution in [0.3, 0.4) is 0 Å². The van der Waals surface area contributed by atoms with Gasteiger partial charge in [-0.3, -0.25) is 4.79 Å². The van der Waals surface area contributed by atoms with E-state index in [4.69, 9.17) is 14.2 Å². The van der Waals surface area contributed by atoms with Crippen LogP contribution in [0.5, 0.6) is 28.7 Å². The first-order chi connectivity index (χ1) is 11.5. The average Bonchev–Trinajstić information content (AvgIpc) is 2.54. The van der Waals surface area contributed by atoms with Gasteiger partial charge in [0, 0.05) is 23.6 Å². The molecule has 2 aromatic carbocycles. The second-order valence-corrected chi connectivity index (χ2v) is 5.45. The van der Waals surface area contributed by atoms with E-state index in [0.29, 0.717) is 23.7 Å². The highest BCUT2D eigenvalue weighted by atomic mass is 16.5. The lowest BCUT2D eigenvalue weighted by molar-refractivity contribution is -0.135. The number of ether oxygens (including phenoxy) is 3. The monoisotopic (exact) mass is 330 g/mol. The maximum atomic E-state index is 12.0. The number of aromatic hydroxyl groups is 2. The van der Waals surface area contributed by atoms with Gasteiger partial charge in [0.15, 0.2) is 11.5 Å². The van der Waals surface area contributed by atoms with Gasteiger partial charge in [0.05, 0.1) is 20.1 Å². The molecule has 126 valence electrons. The van der Waals surface area contributed by atoms with Crippen molar-refractivity contribution in [2.45, 2.75) is 19.3 Å². The third-order valence-corrected chi connectivity index (χ3v) is 3.94. The van der Waals surface area contributed by atoms with Crippen LogP contribution in [-0.2, 0) is 4.79 Å². The molecular formula is C18H18O6. The van der Waals surface area contributed by atoms with Crippen LogP contribution in [-0.4, -0.2) is 29.9 Å². The number of benzene rings is 2. The third kappa shape index (κ3) is 2.82. The molecule has 6 heteroatoms. The summed E-state index contributed by atoms with van der Waals surface area (Å²) < 4.78 is 16.0. The standard InChI is InChI=1S/C18H18O6/c1-3-23-15-7-11(19)8-16-18(15)12(9-17(21)24-16)10-4-5-13(20)14(6-10)22-2/h4-8,12,19-20H,3,9H2,1-2H3/t12-/m1/s1. The molecule has 2 aromatic rings. The maximum Gasteiger partial charge on any atom is 0.312 e. The highest BCUT2D eigenvalue weighted by Crippen LogP contribution is 2.47. The predicted octanol–water partition coefficient (Wildman–Crippen LogP) is 2.95. The molecule has 2 N–H and O–H groups in total. The molecule has 0 fully saturated rings. The average molecular weight is 330 g/mol. The lowest BCUT2D eigenvalue weighted by atomic mass is 9.85. The van der Waals surface area contributed by atoms with Crippen molar-refractivity contribution in [2.24, 2.45) is 0 Å². The largest absolute Gasteiger partial charge is 0.508 e. The Bertz CT molecular complexity index is 783. The summed E-state index contributed by atoms with van der Waals surface area (Å²) in [7, 11) is 1.46. The molecule has 24 heavy (non-hydrogen) atoms. The van der Waals surface area contributed by atoms with Gasteiger partial charge in [-0.2, -0.15) is 0 Å². The number of esters is 1. The van der Waals surface area contributed by atoms with Crippen LogP contribution in [0.1, 0.15) is 30.4 Å². The Morgan fingerprint density at radius 2 is 2.00 bits per heavy atom. The molecular weight excluding hydrogens is 312 g/mol. The van der Waals surface area contributed by atoms with Crippen molar-refractivity contribution in [2.75, 3.05) is 13.7 Å². The van der Waals surface area contributed by atoms with E-state index in [2.05, 4.69) is 0 Å². The number of hydrogen-bond donors (Lipinski definition) is 2. The quantitative estimate of drug-likeness (QED) is 0.662. The van der Waals surface area contributed by atoms with E-state index in [9.17, 15) is 15.0 Å². The lowest BCUT2D eigenvalue weighted by Gasteiger charge is -2.27. The van der Waals surface area contributed by atoms with E-state index in [1.807, 2.05) is 6.92 Å². The predicted molar refractivity (Wildman–Crippen MR) is 86.0 cm³/mol. The smallest absolute Gasteiger partial charge is 0.312 e. The van der Waals surface area contributed by atoms with Gasteiger partial charge in [0.1, 0.15) is 17.2 Å². The zero-order chi connectivity index (χ0) is 17.3. The molecule has 1 atom stereocenters. The van der Waals surface area contributed by atoms with E-state index < -0.39 is 5.97 Å². The molecule has 0 aliphatic carbocycles. The minimum atomic E-state index is -0.396. The molecule has 0 spiro atoms. The van der Waals surface area contributed by atoms with E-state index in [1.165, 1.54) is 25.3 Å². The molecule has 0 saturated carbocycles. The summed E-state index contributed by atoms with van der Waals surface area (Å²) >= 11 is 0. The van der Waals surface area contributed by atoms with E-state index in [1.54, 1.807) is 12.1 Å². The van der Waals surface area contributed by atoms with Gasteiger partial charge in [-0.15, -0.1) is 0 Å². The van der Waals surface area contributed by atoms with Crippen molar-refractivity contribution >= 4 is 5.97 Å². The van der Waals surface area contributed by atoms with Gasteiger partial charge < -0.3 is 24.4 Å². The fraction of sp³-hybridized carbons (Fsp3) is 0.278. The van der Waals surface area contributed by atoms with Gasteiger partial charge in [-0.1, -0.05) is 6.07 Å². The number of methoxy groups -OCH3 is 1. The fourth-order valence-electron chi connectivity index (χ4n) is 2.92. The fourth-order valence-corrected chi connectivity index (χ4v) is 2.92. The summed E-state index contributed by atoms with van der Waals surface area (Å²) in [6.07, 6.45) is 0.131. The second-order valence-electron chi connectivity index (χ2n) is 5.45. The first kappa shape index (κ1) is 16.0. The first-order valence-corrected chi connectivity index (χ1v) is 7.60. The number of carbonyl (C=O) groups is 1. The molecule has 3 rings (SSSR count). The van der Waals surface area contributed by atoms with Crippen LogP contribution in [0.15, 0.2) is 30.3 Å². The highest BCUT2D eigenvalue weighted by molar-refractivity contribution is 5.79. The minimum absolute atomic E-state index is 0.0237. The summed E-state index contributed by atoms with van der Waals surface area (Å²) in [6.45, 7) is 2.25. The van der Waals surface area contributed by atoms with Crippen LogP contribution in [0.4, 0.5) is 0 Å². The van der Waals surface area contributed by atoms with Crippen molar-refractivity contribution in [1.29, 1.82) is 0 Å². The normalized spacial score (nSPS) is 16.2. The Hall–Kier alpha value is -2.89. The molecule has 0 unspecified atom stereocenters. The van der Waals surface area contributed by atoms with Crippen molar-refractivity contribution in [3.63, 3.8) is 0 Å². The number of phenolic OH excluding ortho intramolecular Hbond substituents is 2. The van der Waals surface area contributed by atoms with Gasteiger partial charge in [-0.05, 0) is 24.6 Å². The number of carbonyl (C=O) groups excluding carboxylic acids is 1. The van der Waals surface area contributed by atoms with E-state index in [-0.39, 0.29) is 29.6 Å². The lowest BCUT2D eigenvalue weighted by Crippen LogP contribution is -2.22. The van der Waals surface area contributed by atoms with Crippen LogP contribution in [0, 0.1) is 0 Å². The summed E-state index contributed by atoms with van der Waals surface area (Å²) in [5, 5.41) is 19.6. The Balaban J connectivity index is 2.16. The molecule has 0 radical (unpaired) electrons. The van der Waals surface area contributed by atoms with Crippen molar-refractivity contribution in [1.82, 2.24) is 0 Å². The van der Waals surface area contributed by atoms with E-state index >= 15 is 0 Å². The van der Waals surface area contributed by atoms with E-state index in [0.717, 1.165) is 5.56 Å².